The number of piperidine rings is 1. The van der Waals surface area contributed by atoms with Gasteiger partial charge >= 0.3 is 6.18 Å². The number of benzene rings is 1. The van der Waals surface area contributed by atoms with Crippen LogP contribution >= 0.6 is 0 Å². The molecule has 0 bridgehead atoms. The van der Waals surface area contributed by atoms with Gasteiger partial charge < -0.3 is 5.32 Å². The highest BCUT2D eigenvalue weighted by atomic mass is 19.4. The van der Waals surface area contributed by atoms with Crippen LogP contribution in [0.15, 0.2) is 30.3 Å². The fraction of sp³-hybridized carbons (Fsp3) is 0.625. The van der Waals surface area contributed by atoms with Crippen molar-refractivity contribution in [2.45, 2.75) is 43.4 Å². The molecule has 1 saturated heterocycles. The van der Waals surface area contributed by atoms with Gasteiger partial charge in [0.2, 0.25) is 0 Å². The first kappa shape index (κ1) is 14.9. The Balaban J connectivity index is 1.41. The summed E-state index contributed by atoms with van der Waals surface area (Å²) in [5, 5.41) is 3.62. The molecule has 1 saturated carbocycles. The van der Waals surface area contributed by atoms with Crippen LogP contribution in [0.4, 0.5) is 13.2 Å². The Labute approximate surface area is 123 Å². The molecule has 1 heterocycles. The quantitative estimate of drug-likeness (QED) is 0.918. The molecule has 0 amide bonds. The zero-order valence-electron chi connectivity index (χ0n) is 11.9. The summed E-state index contributed by atoms with van der Waals surface area (Å²) in [7, 11) is 0. The fourth-order valence-corrected chi connectivity index (χ4v) is 3.26. The molecule has 2 fully saturated rings. The van der Waals surface area contributed by atoms with Crippen LogP contribution in [0, 0.1) is 0 Å². The third-order valence-electron chi connectivity index (χ3n) is 4.46. The molecule has 116 valence electrons. The predicted octanol–water partition coefficient (Wildman–Crippen LogP) is 3.16. The Hall–Kier alpha value is -1.07. The molecule has 0 radical (unpaired) electrons. The minimum Gasteiger partial charge on any atom is -0.311 e. The second kappa shape index (κ2) is 5.97. The number of nitrogens with one attached hydrogen (secondary N) is 1. The van der Waals surface area contributed by atoms with Crippen LogP contribution in [-0.2, 0) is 0 Å². The highest BCUT2D eigenvalue weighted by Crippen LogP contribution is 2.41. The molecule has 5 heteroatoms. The zero-order chi connectivity index (χ0) is 14.9. The Morgan fingerprint density at radius 3 is 2.38 bits per heavy atom. The first-order chi connectivity index (χ1) is 10.0. The van der Waals surface area contributed by atoms with Gasteiger partial charge in [-0.25, -0.2) is 0 Å². The topological polar surface area (TPSA) is 15.3 Å². The first-order valence-electron chi connectivity index (χ1n) is 7.61. The second-order valence-corrected chi connectivity index (χ2v) is 6.19. The molecule has 0 spiro atoms. The molecule has 1 aromatic rings. The van der Waals surface area contributed by atoms with Crippen LogP contribution < -0.4 is 5.32 Å². The Morgan fingerprint density at radius 1 is 1.10 bits per heavy atom. The lowest BCUT2D eigenvalue weighted by molar-refractivity contribution is -0.148. The lowest BCUT2D eigenvalue weighted by Crippen LogP contribution is -2.46. The number of rotatable bonds is 4. The summed E-state index contributed by atoms with van der Waals surface area (Å²) in [6.07, 6.45) is -1.30. The van der Waals surface area contributed by atoms with Gasteiger partial charge in [0, 0.05) is 18.0 Å². The van der Waals surface area contributed by atoms with Crippen LogP contribution in [0.1, 0.15) is 30.7 Å². The van der Waals surface area contributed by atoms with Gasteiger partial charge in [-0.2, -0.15) is 13.2 Å². The lowest BCUT2D eigenvalue weighted by Gasteiger charge is -2.33. The molecule has 2 aliphatic rings. The van der Waals surface area contributed by atoms with Gasteiger partial charge in [0.05, 0.1) is 6.54 Å². The van der Waals surface area contributed by atoms with Crippen LogP contribution in [-0.4, -0.2) is 42.8 Å². The van der Waals surface area contributed by atoms with Gasteiger partial charge in [0.1, 0.15) is 0 Å². The average Bonchev–Trinajstić information content (AvgIpc) is 3.20. The first-order valence-corrected chi connectivity index (χ1v) is 7.61. The largest absolute Gasteiger partial charge is 0.401 e. The molecule has 2 nitrogen and oxygen atoms in total. The van der Waals surface area contributed by atoms with Gasteiger partial charge in [0.15, 0.2) is 0 Å². The predicted molar refractivity (Wildman–Crippen MR) is 76.2 cm³/mol. The third kappa shape index (κ3) is 4.20. The van der Waals surface area contributed by atoms with E-state index in [-0.39, 0.29) is 0 Å². The van der Waals surface area contributed by atoms with E-state index in [2.05, 4.69) is 29.6 Å². The van der Waals surface area contributed by atoms with E-state index < -0.39 is 12.7 Å². The van der Waals surface area contributed by atoms with Crippen molar-refractivity contribution in [3.05, 3.63) is 35.9 Å². The van der Waals surface area contributed by atoms with Crippen LogP contribution in [0.25, 0.3) is 0 Å². The molecular formula is C16H21F3N2. The summed E-state index contributed by atoms with van der Waals surface area (Å²) >= 11 is 0. The molecule has 1 N–H and O–H groups in total. The van der Waals surface area contributed by atoms with E-state index in [1.807, 2.05) is 6.07 Å². The molecule has 0 unspecified atom stereocenters. The van der Waals surface area contributed by atoms with Crippen molar-refractivity contribution in [2.75, 3.05) is 19.6 Å². The standard InChI is InChI=1S/C16H21F3N2/c17-16(18,19)11-21-8-6-13(7-9-21)20-15-10-14(15)12-4-2-1-3-5-12/h1-5,13-15,20H,6-11H2/t14-,15+/m0/s1. The summed E-state index contributed by atoms with van der Waals surface area (Å²) < 4.78 is 37.0. The number of halogens is 3. The SMILES string of the molecule is FC(F)(F)CN1CCC(N[C@@H]2C[C@H]2c2ccccc2)CC1. The molecular weight excluding hydrogens is 277 g/mol. The summed E-state index contributed by atoms with van der Waals surface area (Å²) in [6.45, 7) is 0.315. The summed E-state index contributed by atoms with van der Waals surface area (Å²) in [5.41, 5.74) is 1.37. The van der Waals surface area contributed by atoms with E-state index in [0.717, 1.165) is 19.3 Å². The molecule has 1 aliphatic carbocycles. The molecule has 0 aromatic heterocycles. The van der Waals surface area contributed by atoms with E-state index in [0.29, 0.717) is 31.1 Å². The highest BCUT2D eigenvalue weighted by Gasteiger charge is 2.40. The summed E-state index contributed by atoms with van der Waals surface area (Å²) in [4.78, 5) is 1.51. The van der Waals surface area contributed by atoms with Crippen LogP contribution in [0.5, 0.6) is 0 Å². The van der Waals surface area contributed by atoms with Gasteiger partial charge in [-0.3, -0.25) is 4.90 Å². The van der Waals surface area contributed by atoms with E-state index in [1.54, 1.807) is 0 Å². The number of hydrogen-bond acceptors (Lipinski definition) is 2. The minimum atomic E-state index is -4.07. The van der Waals surface area contributed by atoms with Crippen molar-refractivity contribution in [3.8, 4) is 0 Å². The second-order valence-electron chi connectivity index (χ2n) is 6.19. The average molecular weight is 298 g/mol. The maximum absolute atomic E-state index is 12.3. The Kier molecular flexibility index (Phi) is 4.22. The third-order valence-corrected chi connectivity index (χ3v) is 4.46. The van der Waals surface area contributed by atoms with Crippen molar-refractivity contribution in [1.82, 2.24) is 10.2 Å². The molecule has 2 atom stereocenters. The van der Waals surface area contributed by atoms with Crippen molar-refractivity contribution < 1.29 is 13.2 Å². The van der Waals surface area contributed by atoms with Crippen molar-refractivity contribution in [2.24, 2.45) is 0 Å². The highest BCUT2D eigenvalue weighted by molar-refractivity contribution is 5.27. The van der Waals surface area contributed by atoms with Gasteiger partial charge in [0.25, 0.3) is 0 Å². The number of nitrogens with zero attached hydrogens (tertiary/aromatic N) is 1. The maximum atomic E-state index is 12.3. The van der Waals surface area contributed by atoms with Crippen LogP contribution in [0.3, 0.4) is 0 Å². The molecule has 3 rings (SSSR count). The number of likely N-dealkylation sites (tertiary alicyclic amines) is 1. The van der Waals surface area contributed by atoms with Crippen LogP contribution in [0.2, 0.25) is 0 Å². The van der Waals surface area contributed by atoms with Crippen molar-refractivity contribution >= 4 is 0 Å². The minimum absolute atomic E-state index is 0.369. The van der Waals surface area contributed by atoms with E-state index in [9.17, 15) is 13.2 Å². The fourth-order valence-electron chi connectivity index (χ4n) is 3.26. The normalized spacial score (nSPS) is 27.8. The van der Waals surface area contributed by atoms with Gasteiger partial charge in [-0.1, -0.05) is 30.3 Å². The van der Waals surface area contributed by atoms with E-state index in [4.69, 9.17) is 0 Å². The number of hydrogen-bond donors (Lipinski definition) is 1. The maximum Gasteiger partial charge on any atom is 0.401 e. The summed E-state index contributed by atoms with van der Waals surface area (Å²) in [5.74, 6) is 0.583. The van der Waals surface area contributed by atoms with Crippen molar-refractivity contribution in [3.63, 3.8) is 0 Å². The van der Waals surface area contributed by atoms with E-state index in [1.165, 1.54) is 10.5 Å². The van der Waals surface area contributed by atoms with E-state index >= 15 is 0 Å². The lowest BCUT2D eigenvalue weighted by atomic mass is 10.0. The van der Waals surface area contributed by atoms with Gasteiger partial charge in [-0.15, -0.1) is 0 Å². The monoisotopic (exact) mass is 298 g/mol. The summed E-state index contributed by atoms with van der Waals surface area (Å²) in [6, 6.07) is 11.3. The van der Waals surface area contributed by atoms with Crippen molar-refractivity contribution in [1.29, 1.82) is 0 Å². The smallest absolute Gasteiger partial charge is 0.311 e. The number of alkyl halides is 3. The molecule has 1 aromatic carbocycles. The Morgan fingerprint density at radius 2 is 1.76 bits per heavy atom. The molecule has 1 aliphatic heterocycles. The Bertz CT molecular complexity index is 452. The molecule has 21 heavy (non-hydrogen) atoms. The van der Waals surface area contributed by atoms with Gasteiger partial charge in [-0.05, 0) is 37.9 Å². The zero-order valence-corrected chi connectivity index (χ0v) is 11.9.